The molecule has 0 spiro atoms. The topological polar surface area (TPSA) is 56.5 Å². The molecule has 0 saturated carbocycles. The Labute approximate surface area is 125 Å². The van der Waals surface area contributed by atoms with Crippen LogP contribution in [0.15, 0.2) is 24.3 Å². The van der Waals surface area contributed by atoms with Gasteiger partial charge in [0.2, 0.25) is 0 Å². The first-order valence-corrected chi connectivity index (χ1v) is 7.05. The van der Waals surface area contributed by atoms with E-state index in [1.165, 1.54) is 0 Å². The predicted octanol–water partition coefficient (Wildman–Crippen LogP) is 2.62. The van der Waals surface area contributed by atoms with Gasteiger partial charge in [-0.2, -0.15) is 5.10 Å². The van der Waals surface area contributed by atoms with Gasteiger partial charge in [0.1, 0.15) is 6.61 Å². The van der Waals surface area contributed by atoms with E-state index < -0.39 is 6.10 Å². The predicted molar refractivity (Wildman–Crippen MR) is 80.5 cm³/mol. The third kappa shape index (κ3) is 3.55. The molecule has 21 heavy (non-hydrogen) atoms. The van der Waals surface area contributed by atoms with Gasteiger partial charge in [-0.05, 0) is 37.1 Å². The summed E-state index contributed by atoms with van der Waals surface area (Å²) in [6.45, 7) is 4.22. The minimum atomic E-state index is -0.530. The zero-order chi connectivity index (χ0) is 15.4. The molecule has 5 nitrogen and oxygen atoms in total. The van der Waals surface area contributed by atoms with Crippen LogP contribution in [0.4, 0.5) is 0 Å². The van der Waals surface area contributed by atoms with Gasteiger partial charge in [-0.25, -0.2) is 0 Å². The third-order valence-electron chi connectivity index (χ3n) is 3.44. The maximum atomic E-state index is 9.60. The Bertz CT molecular complexity index is 606. The van der Waals surface area contributed by atoms with Crippen molar-refractivity contribution in [2.24, 2.45) is 7.05 Å². The first-order valence-electron chi connectivity index (χ1n) is 7.05. The summed E-state index contributed by atoms with van der Waals surface area (Å²) in [6, 6.07) is 7.48. The van der Waals surface area contributed by atoms with Crippen molar-refractivity contribution in [2.75, 3.05) is 7.11 Å². The molecule has 0 aliphatic rings. The zero-order valence-corrected chi connectivity index (χ0v) is 13.0. The molecule has 0 radical (unpaired) electrons. The number of aliphatic hydroxyl groups is 1. The van der Waals surface area contributed by atoms with E-state index in [1.807, 2.05) is 29.9 Å². The van der Waals surface area contributed by atoms with Crippen LogP contribution in [0, 0.1) is 0 Å². The summed E-state index contributed by atoms with van der Waals surface area (Å²) in [5.41, 5.74) is 2.86. The third-order valence-corrected chi connectivity index (χ3v) is 3.44. The summed E-state index contributed by atoms with van der Waals surface area (Å²) < 4.78 is 13.0. The van der Waals surface area contributed by atoms with Crippen LogP contribution in [0.2, 0.25) is 0 Å². The molecule has 1 aromatic heterocycles. The van der Waals surface area contributed by atoms with Gasteiger partial charge in [-0.1, -0.05) is 13.0 Å². The van der Waals surface area contributed by atoms with E-state index in [4.69, 9.17) is 9.47 Å². The average Bonchev–Trinajstić information content (AvgIpc) is 2.85. The van der Waals surface area contributed by atoms with E-state index in [0.29, 0.717) is 18.1 Å². The number of aromatic nitrogens is 2. The number of benzene rings is 1. The lowest BCUT2D eigenvalue weighted by molar-refractivity contribution is 0.198. The van der Waals surface area contributed by atoms with Crippen molar-refractivity contribution in [2.45, 2.75) is 33.0 Å². The van der Waals surface area contributed by atoms with Crippen LogP contribution in [0.1, 0.15) is 36.9 Å². The number of methoxy groups -OCH3 is 1. The lowest BCUT2D eigenvalue weighted by atomic mass is 10.1. The van der Waals surface area contributed by atoms with Crippen molar-refractivity contribution in [1.82, 2.24) is 9.78 Å². The van der Waals surface area contributed by atoms with Crippen LogP contribution in [0.5, 0.6) is 11.5 Å². The molecule has 2 aromatic rings. The van der Waals surface area contributed by atoms with Gasteiger partial charge in [0.05, 0.1) is 24.6 Å². The number of aryl methyl sites for hydroxylation is 2. The quantitative estimate of drug-likeness (QED) is 0.888. The smallest absolute Gasteiger partial charge is 0.161 e. The van der Waals surface area contributed by atoms with Crippen LogP contribution in [-0.4, -0.2) is 22.0 Å². The first-order chi connectivity index (χ1) is 10.0. The molecule has 5 heteroatoms. The Morgan fingerprint density at radius 3 is 2.62 bits per heavy atom. The van der Waals surface area contributed by atoms with Crippen LogP contribution < -0.4 is 9.47 Å². The molecule has 114 valence electrons. The van der Waals surface area contributed by atoms with Crippen LogP contribution in [0.25, 0.3) is 0 Å². The monoisotopic (exact) mass is 290 g/mol. The Morgan fingerprint density at radius 2 is 2.05 bits per heavy atom. The molecule has 0 bridgehead atoms. The van der Waals surface area contributed by atoms with Gasteiger partial charge in [0.15, 0.2) is 11.5 Å². The summed E-state index contributed by atoms with van der Waals surface area (Å²) in [5, 5.41) is 14.0. The summed E-state index contributed by atoms with van der Waals surface area (Å²) in [6.07, 6.45) is 0.373. The molecule has 1 N–H and O–H groups in total. The highest BCUT2D eigenvalue weighted by Crippen LogP contribution is 2.30. The van der Waals surface area contributed by atoms with E-state index in [0.717, 1.165) is 23.4 Å². The van der Waals surface area contributed by atoms with Gasteiger partial charge in [0.25, 0.3) is 0 Å². The molecule has 1 unspecified atom stereocenters. The van der Waals surface area contributed by atoms with Crippen molar-refractivity contribution in [3.8, 4) is 11.5 Å². The Morgan fingerprint density at radius 1 is 1.29 bits per heavy atom. The normalized spacial score (nSPS) is 12.2. The molecular weight excluding hydrogens is 268 g/mol. The molecule has 1 atom stereocenters. The van der Waals surface area contributed by atoms with Gasteiger partial charge < -0.3 is 14.6 Å². The number of ether oxygens (including phenoxy) is 2. The second-order valence-electron chi connectivity index (χ2n) is 4.98. The minimum Gasteiger partial charge on any atom is -0.493 e. The number of hydrogen-bond acceptors (Lipinski definition) is 4. The minimum absolute atomic E-state index is 0.424. The van der Waals surface area contributed by atoms with E-state index in [-0.39, 0.29) is 0 Å². The summed E-state index contributed by atoms with van der Waals surface area (Å²) in [4.78, 5) is 0. The molecule has 1 aromatic carbocycles. The maximum absolute atomic E-state index is 9.60. The fraction of sp³-hybridized carbons (Fsp3) is 0.438. The lowest BCUT2D eigenvalue weighted by Gasteiger charge is -2.13. The molecule has 0 aliphatic carbocycles. The van der Waals surface area contributed by atoms with E-state index >= 15 is 0 Å². The fourth-order valence-electron chi connectivity index (χ4n) is 2.09. The van der Waals surface area contributed by atoms with Crippen molar-refractivity contribution < 1.29 is 14.6 Å². The maximum Gasteiger partial charge on any atom is 0.161 e. The SMILES string of the molecule is CCc1cc(COc2ccc(C(C)O)cc2OC)n(C)n1. The molecule has 0 fully saturated rings. The standard InChI is InChI=1S/C16H22N2O3/c1-5-13-9-14(18(3)17-13)10-21-15-7-6-12(11(2)19)8-16(15)20-4/h6-9,11,19H,5,10H2,1-4H3. The van der Waals surface area contributed by atoms with Gasteiger partial charge in [-0.3, -0.25) is 4.68 Å². The highest BCUT2D eigenvalue weighted by Gasteiger charge is 2.10. The second kappa shape index (κ2) is 6.63. The van der Waals surface area contributed by atoms with Crippen molar-refractivity contribution in [1.29, 1.82) is 0 Å². The van der Waals surface area contributed by atoms with E-state index in [2.05, 4.69) is 12.0 Å². The van der Waals surface area contributed by atoms with Crippen LogP contribution >= 0.6 is 0 Å². The molecule has 0 saturated heterocycles. The zero-order valence-electron chi connectivity index (χ0n) is 13.0. The van der Waals surface area contributed by atoms with Gasteiger partial charge in [-0.15, -0.1) is 0 Å². The number of nitrogens with zero attached hydrogens (tertiary/aromatic N) is 2. The highest BCUT2D eigenvalue weighted by atomic mass is 16.5. The van der Waals surface area contributed by atoms with Crippen LogP contribution in [-0.2, 0) is 20.1 Å². The molecule has 2 rings (SSSR count). The number of rotatable bonds is 6. The van der Waals surface area contributed by atoms with Crippen molar-refractivity contribution in [3.05, 3.63) is 41.2 Å². The first kappa shape index (κ1) is 15.4. The largest absolute Gasteiger partial charge is 0.493 e. The average molecular weight is 290 g/mol. The van der Waals surface area contributed by atoms with Crippen LogP contribution in [0.3, 0.4) is 0 Å². The molecule has 0 aliphatic heterocycles. The summed E-state index contributed by atoms with van der Waals surface area (Å²) >= 11 is 0. The summed E-state index contributed by atoms with van der Waals surface area (Å²) in [7, 11) is 3.50. The van der Waals surface area contributed by atoms with Gasteiger partial charge in [0, 0.05) is 7.05 Å². The van der Waals surface area contributed by atoms with Crippen molar-refractivity contribution in [3.63, 3.8) is 0 Å². The lowest BCUT2D eigenvalue weighted by Crippen LogP contribution is -2.04. The summed E-state index contributed by atoms with van der Waals surface area (Å²) in [5.74, 6) is 1.27. The second-order valence-corrected chi connectivity index (χ2v) is 4.98. The van der Waals surface area contributed by atoms with Gasteiger partial charge >= 0.3 is 0 Å². The molecular formula is C16H22N2O3. The fourth-order valence-corrected chi connectivity index (χ4v) is 2.09. The molecule has 1 heterocycles. The van der Waals surface area contributed by atoms with E-state index in [1.54, 1.807) is 20.1 Å². The highest BCUT2D eigenvalue weighted by molar-refractivity contribution is 5.43. The van der Waals surface area contributed by atoms with Crippen molar-refractivity contribution >= 4 is 0 Å². The molecule has 0 amide bonds. The Hall–Kier alpha value is -2.01. The number of aliphatic hydroxyl groups excluding tert-OH is 1. The Balaban J connectivity index is 2.13. The Kier molecular flexibility index (Phi) is 4.85. The van der Waals surface area contributed by atoms with E-state index in [9.17, 15) is 5.11 Å². The number of hydrogen-bond donors (Lipinski definition) is 1.